The number of unbranched alkanes of at least 4 members (excludes halogenated alkanes) is 5. The van der Waals surface area contributed by atoms with Crippen molar-refractivity contribution in [2.75, 3.05) is 6.61 Å². The zero-order valence-electron chi connectivity index (χ0n) is 19.4. The summed E-state index contributed by atoms with van der Waals surface area (Å²) in [5, 5.41) is 2.30. The Hall–Kier alpha value is -3.40. The smallest absolute Gasteiger partial charge is 0.159 e. The van der Waals surface area contributed by atoms with Crippen LogP contribution in [0.5, 0.6) is 11.5 Å². The van der Waals surface area contributed by atoms with E-state index >= 15 is 0 Å². The average Bonchev–Trinajstić information content (AvgIpc) is 2.87. The molecule has 0 amide bonds. The summed E-state index contributed by atoms with van der Waals surface area (Å²) in [5.74, 6) is 2.28. The maximum Gasteiger partial charge on any atom is 0.159 e. The number of hydrogen-bond acceptors (Lipinski definition) is 4. The Morgan fingerprint density at radius 3 is 2.21 bits per heavy atom. The van der Waals surface area contributed by atoms with E-state index < -0.39 is 0 Å². The third-order valence-corrected chi connectivity index (χ3v) is 5.71. The highest BCUT2D eigenvalue weighted by Crippen LogP contribution is 2.26. The second kappa shape index (κ2) is 12.0. The molecule has 0 radical (unpaired) electrons. The van der Waals surface area contributed by atoms with Crippen molar-refractivity contribution in [2.45, 2.75) is 52.1 Å². The van der Waals surface area contributed by atoms with E-state index in [9.17, 15) is 0 Å². The monoisotopic (exact) mass is 440 g/mol. The lowest BCUT2D eigenvalue weighted by atomic mass is 10.1. The van der Waals surface area contributed by atoms with Gasteiger partial charge in [-0.2, -0.15) is 0 Å². The first kappa shape index (κ1) is 22.8. The Bertz CT molecular complexity index is 1130. The summed E-state index contributed by atoms with van der Waals surface area (Å²) in [6.45, 7) is 3.53. The zero-order chi connectivity index (χ0) is 22.7. The lowest BCUT2D eigenvalue weighted by Crippen LogP contribution is -1.97. The fraction of sp³-hybridized carbons (Fsp3) is 0.310. The van der Waals surface area contributed by atoms with E-state index in [1.54, 1.807) is 12.4 Å². The van der Waals surface area contributed by atoms with Gasteiger partial charge >= 0.3 is 0 Å². The number of aromatic nitrogens is 2. The van der Waals surface area contributed by atoms with Gasteiger partial charge in [0, 0.05) is 5.56 Å². The standard InChI is InChI=1S/C29H32N2O2/c1-2-3-4-5-6-10-17-32-27-16-15-24-18-26(14-13-25(24)19-27)29-30-20-28(21-31-29)33-22-23-11-8-7-9-12-23/h7-9,11-16,18-21H,2-6,10,17,22H2,1H3. The molecule has 0 spiro atoms. The van der Waals surface area contributed by atoms with Gasteiger partial charge in [-0.05, 0) is 41.0 Å². The molecule has 0 fully saturated rings. The molecular weight excluding hydrogens is 408 g/mol. The summed E-state index contributed by atoms with van der Waals surface area (Å²) >= 11 is 0. The molecule has 4 aromatic rings. The Labute approximate surface area is 196 Å². The van der Waals surface area contributed by atoms with Crippen molar-refractivity contribution >= 4 is 10.8 Å². The molecule has 0 aliphatic rings. The molecule has 3 aromatic carbocycles. The minimum absolute atomic E-state index is 0.503. The highest BCUT2D eigenvalue weighted by Gasteiger charge is 2.05. The van der Waals surface area contributed by atoms with Crippen LogP contribution in [0.1, 0.15) is 51.0 Å². The third-order valence-electron chi connectivity index (χ3n) is 5.71. The van der Waals surface area contributed by atoms with Crippen LogP contribution in [0.4, 0.5) is 0 Å². The minimum atomic E-state index is 0.503. The number of benzene rings is 3. The Morgan fingerprint density at radius 2 is 1.39 bits per heavy atom. The maximum absolute atomic E-state index is 5.97. The van der Waals surface area contributed by atoms with Gasteiger partial charge < -0.3 is 9.47 Å². The van der Waals surface area contributed by atoms with Gasteiger partial charge in [0.2, 0.25) is 0 Å². The number of nitrogens with zero attached hydrogens (tertiary/aromatic N) is 2. The second-order valence-electron chi connectivity index (χ2n) is 8.36. The Morgan fingerprint density at radius 1 is 0.667 bits per heavy atom. The molecule has 0 N–H and O–H groups in total. The molecule has 170 valence electrons. The lowest BCUT2D eigenvalue weighted by Gasteiger charge is -2.09. The van der Waals surface area contributed by atoms with E-state index in [0.717, 1.165) is 40.7 Å². The molecule has 1 aromatic heterocycles. The van der Waals surface area contributed by atoms with Crippen LogP contribution in [0, 0.1) is 0 Å². The Kier molecular flexibility index (Phi) is 8.29. The molecule has 4 nitrogen and oxygen atoms in total. The summed E-state index contributed by atoms with van der Waals surface area (Å²) in [7, 11) is 0. The predicted molar refractivity (Wildman–Crippen MR) is 135 cm³/mol. The minimum Gasteiger partial charge on any atom is -0.494 e. The van der Waals surface area contributed by atoms with Gasteiger partial charge in [-0.15, -0.1) is 0 Å². The van der Waals surface area contributed by atoms with Gasteiger partial charge in [0.25, 0.3) is 0 Å². The van der Waals surface area contributed by atoms with Gasteiger partial charge in [0.15, 0.2) is 11.6 Å². The van der Waals surface area contributed by atoms with Gasteiger partial charge in [0.05, 0.1) is 19.0 Å². The number of fused-ring (bicyclic) bond motifs is 1. The highest BCUT2D eigenvalue weighted by molar-refractivity contribution is 5.87. The molecule has 0 unspecified atom stereocenters. The van der Waals surface area contributed by atoms with Crippen LogP contribution in [0.15, 0.2) is 79.1 Å². The molecule has 0 aliphatic carbocycles. The van der Waals surface area contributed by atoms with Gasteiger partial charge in [-0.25, -0.2) is 9.97 Å². The molecule has 4 heteroatoms. The fourth-order valence-corrected chi connectivity index (χ4v) is 3.81. The quantitative estimate of drug-likeness (QED) is 0.213. The van der Waals surface area contributed by atoms with Crippen LogP contribution in [0.2, 0.25) is 0 Å². The van der Waals surface area contributed by atoms with Crippen molar-refractivity contribution in [1.82, 2.24) is 9.97 Å². The maximum atomic E-state index is 5.97. The number of rotatable bonds is 12. The summed E-state index contributed by atoms with van der Waals surface area (Å²) in [6.07, 6.45) is 11.1. The summed E-state index contributed by atoms with van der Waals surface area (Å²) in [6, 6.07) is 22.6. The summed E-state index contributed by atoms with van der Waals surface area (Å²) in [4.78, 5) is 9.00. The van der Waals surface area contributed by atoms with Crippen LogP contribution >= 0.6 is 0 Å². The SMILES string of the molecule is CCCCCCCCOc1ccc2cc(-c3ncc(OCc4ccccc4)cn3)ccc2c1. The van der Waals surface area contributed by atoms with Gasteiger partial charge in [-0.1, -0.05) is 87.6 Å². The third kappa shape index (κ3) is 6.79. The van der Waals surface area contributed by atoms with E-state index in [4.69, 9.17) is 9.47 Å². The molecule has 0 bridgehead atoms. The molecule has 4 rings (SSSR count). The van der Waals surface area contributed by atoms with E-state index in [0.29, 0.717) is 18.2 Å². The predicted octanol–water partition coefficient (Wildman–Crippen LogP) is 7.62. The highest BCUT2D eigenvalue weighted by atomic mass is 16.5. The summed E-state index contributed by atoms with van der Waals surface area (Å²) in [5.41, 5.74) is 2.10. The van der Waals surface area contributed by atoms with Crippen LogP contribution in [0.25, 0.3) is 22.2 Å². The van der Waals surface area contributed by atoms with E-state index in [1.165, 1.54) is 32.1 Å². The van der Waals surface area contributed by atoms with Crippen molar-refractivity contribution in [2.24, 2.45) is 0 Å². The van der Waals surface area contributed by atoms with Crippen molar-refractivity contribution in [3.63, 3.8) is 0 Å². The van der Waals surface area contributed by atoms with Crippen LogP contribution in [0.3, 0.4) is 0 Å². The van der Waals surface area contributed by atoms with E-state index in [2.05, 4.69) is 47.2 Å². The number of hydrogen-bond donors (Lipinski definition) is 0. The van der Waals surface area contributed by atoms with Crippen molar-refractivity contribution in [3.8, 4) is 22.9 Å². The topological polar surface area (TPSA) is 44.2 Å². The van der Waals surface area contributed by atoms with Crippen LogP contribution in [-0.2, 0) is 6.61 Å². The summed E-state index contributed by atoms with van der Waals surface area (Å²) < 4.78 is 11.8. The first-order valence-corrected chi connectivity index (χ1v) is 12.0. The molecule has 0 aliphatic heterocycles. The van der Waals surface area contributed by atoms with Crippen LogP contribution < -0.4 is 9.47 Å². The first-order chi connectivity index (χ1) is 16.3. The molecule has 0 saturated carbocycles. The molecular formula is C29H32N2O2. The van der Waals surface area contributed by atoms with Crippen LogP contribution in [-0.4, -0.2) is 16.6 Å². The largest absolute Gasteiger partial charge is 0.494 e. The van der Waals surface area contributed by atoms with Gasteiger partial charge in [-0.3, -0.25) is 0 Å². The molecule has 33 heavy (non-hydrogen) atoms. The van der Waals surface area contributed by atoms with Crippen molar-refractivity contribution in [1.29, 1.82) is 0 Å². The number of ether oxygens (including phenoxy) is 2. The molecule has 0 saturated heterocycles. The normalized spacial score (nSPS) is 10.9. The van der Waals surface area contributed by atoms with Crippen molar-refractivity contribution in [3.05, 3.63) is 84.7 Å². The molecule has 1 heterocycles. The fourth-order valence-electron chi connectivity index (χ4n) is 3.81. The first-order valence-electron chi connectivity index (χ1n) is 12.0. The lowest BCUT2D eigenvalue weighted by molar-refractivity contribution is 0.303. The van der Waals surface area contributed by atoms with Gasteiger partial charge in [0.1, 0.15) is 12.4 Å². The second-order valence-corrected chi connectivity index (χ2v) is 8.36. The molecule has 0 atom stereocenters. The average molecular weight is 441 g/mol. The Balaban J connectivity index is 1.32. The van der Waals surface area contributed by atoms with E-state index in [1.807, 2.05) is 36.4 Å². The zero-order valence-corrected chi connectivity index (χ0v) is 19.4. The van der Waals surface area contributed by atoms with E-state index in [-0.39, 0.29) is 0 Å². The van der Waals surface area contributed by atoms with Crippen molar-refractivity contribution < 1.29 is 9.47 Å².